The molecule has 0 unspecified atom stereocenters. The van der Waals surface area contributed by atoms with Crippen molar-refractivity contribution in [3.8, 4) is 5.75 Å². The third-order valence-electron chi connectivity index (χ3n) is 2.80. The van der Waals surface area contributed by atoms with Gasteiger partial charge >= 0.3 is 5.97 Å². The maximum Gasteiger partial charge on any atom is 0.338 e. The van der Waals surface area contributed by atoms with Crippen LogP contribution in [0.4, 0.5) is 25.8 Å². The van der Waals surface area contributed by atoms with Gasteiger partial charge in [-0.25, -0.2) is 13.6 Å². The molecule has 0 saturated heterocycles. The number of nitrogens with one attached hydrogen (secondary N) is 1. The van der Waals surface area contributed by atoms with Crippen molar-refractivity contribution in [1.29, 1.82) is 0 Å². The molecular formula is C14H12F2N2O3. The van der Waals surface area contributed by atoms with Gasteiger partial charge in [0.1, 0.15) is 5.82 Å². The van der Waals surface area contributed by atoms with Crippen LogP contribution in [0.25, 0.3) is 0 Å². The monoisotopic (exact) mass is 294 g/mol. The Bertz CT molecular complexity index is 705. The van der Waals surface area contributed by atoms with Gasteiger partial charge in [0.15, 0.2) is 11.6 Å². The van der Waals surface area contributed by atoms with Crippen molar-refractivity contribution in [3.63, 3.8) is 0 Å². The van der Waals surface area contributed by atoms with Crippen LogP contribution in [0.5, 0.6) is 5.75 Å². The summed E-state index contributed by atoms with van der Waals surface area (Å²) in [6.07, 6.45) is 0. The number of benzene rings is 2. The Morgan fingerprint density at radius 2 is 1.95 bits per heavy atom. The van der Waals surface area contributed by atoms with Gasteiger partial charge < -0.3 is 20.9 Å². The van der Waals surface area contributed by atoms with Crippen LogP contribution in [-0.2, 0) is 0 Å². The molecule has 0 aromatic heterocycles. The van der Waals surface area contributed by atoms with Gasteiger partial charge in [-0.1, -0.05) is 0 Å². The van der Waals surface area contributed by atoms with Gasteiger partial charge in [0, 0.05) is 17.8 Å². The number of nitrogen functional groups attached to an aromatic ring is 1. The van der Waals surface area contributed by atoms with E-state index in [-0.39, 0.29) is 17.1 Å². The van der Waals surface area contributed by atoms with Gasteiger partial charge in [-0.05, 0) is 18.2 Å². The molecule has 0 aliphatic carbocycles. The van der Waals surface area contributed by atoms with Gasteiger partial charge in [-0.15, -0.1) is 0 Å². The second-order valence-electron chi connectivity index (χ2n) is 4.20. The fourth-order valence-electron chi connectivity index (χ4n) is 1.76. The topological polar surface area (TPSA) is 84.6 Å². The first-order chi connectivity index (χ1) is 9.92. The van der Waals surface area contributed by atoms with Crippen LogP contribution >= 0.6 is 0 Å². The lowest BCUT2D eigenvalue weighted by molar-refractivity contribution is 0.0692. The third kappa shape index (κ3) is 3.02. The number of halogens is 2. The lowest BCUT2D eigenvalue weighted by atomic mass is 10.1. The molecule has 2 aromatic rings. The van der Waals surface area contributed by atoms with Crippen LogP contribution < -0.4 is 15.8 Å². The largest absolute Gasteiger partial charge is 0.494 e. The minimum atomic E-state index is -1.42. The molecule has 0 atom stereocenters. The maximum absolute atomic E-state index is 13.6. The Kier molecular flexibility index (Phi) is 3.93. The number of methoxy groups -OCH3 is 1. The van der Waals surface area contributed by atoms with E-state index in [0.29, 0.717) is 5.69 Å². The molecule has 0 saturated carbocycles. The number of carboxylic acids is 1. The maximum atomic E-state index is 13.6. The summed E-state index contributed by atoms with van der Waals surface area (Å²) in [6.45, 7) is 0. The zero-order valence-electron chi connectivity index (χ0n) is 11.0. The highest BCUT2D eigenvalue weighted by Crippen LogP contribution is 2.28. The first-order valence-electron chi connectivity index (χ1n) is 5.85. The average molecular weight is 294 g/mol. The molecule has 2 rings (SSSR count). The lowest BCUT2D eigenvalue weighted by Gasteiger charge is -2.12. The molecule has 2 aromatic carbocycles. The Balaban J connectivity index is 2.34. The standard InChI is InChI=1S/C14H12F2N2O3/c1-21-13-3-2-7(4-10(13)16)18-12-6-9(15)8(14(19)20)5-11(12)17/h2-6,18H,17H2,1H3,(H,19,20). The highest BCUT2D eigenvalue weighted by Gasteiger charge is 2.14. The Morgan fingerprint density at radius 3 is 2.52 bits per heavy atom. The number of ether oxygens (including phenoxy) is 1. The number of hydrogen-bond donors (Lipinski definition) is 3. The summed E-state index contributed by atoms with van der Waals surface area (Å²) in [6, 6.07) is 6.02. The molecule has 0 spiro atoms. The van der Waals surface area contributed by atoms with Crippen molar-refractivity contribution in [2.45, 2.75) is 0 Å². The molecule has 21 heavy (non-hydrogen) atoms. The van der Waals surface area contributed by atoms with Crippen LogP contribution in [0.1, 0.15) is 10.4 Å². The van der Waals surface area contributed by atoms with Crippen molar-refractivity contribution in [1.82, 2.24) is 0 Å². The predicted molar refractivity (Wildman–Crippen MR) is 74.0 cm³/mol. The second kappa shape index (κ2) is 5.66. The molecule has 0 heterocycles. The highest BCUT2D eigenvalue weighted by molar-refractivity contribution is 5.91. The molecule has 0 fully saturated rings. The molecule has 4 N–H and O–H groups in total. The number of rotatable bonds is 4. The Labute approximate surface area is 119 Å². The van der Waals surface area contributed by atoms with Crippen LogP contribution in [0.3, 0.4) is 0 Å². The normalized spacial score (nSPS) is 10.2. The SMILES string of the molecule is COc1ccc(Nc2cc(F)c(C(=O)O)cc2N)cc1F. The Hall–Kier alpha value is -2.83. The van der Waals surface area contributed by atoms with Gasteiger partial charge in [0.25, 0.3) is 0 Å². The highest BCUT2D eigenvalue weighted by atomic mass is 19.1. The lowest BCUT2D eigenvalue weighted by Crippen LogP contribution is -2.05. The third-order valence-corrected chi connectivity index (χ3v) is 2.80. The summed E-state index contributed by atoms with van der Waals surface area (Å²) < 4.78 is 31.9. The van der Waals surface area contributed by atoms with E-state index >= 15 is 0 Å². The average Bonchev–Trinajstić information content (AvgIpc) is 2.42. The van der Waals surface area contributed by atoms with Crippen LogP contribution in [0.2, 0.25) is 0 Å². The van der Waals surface area contributed by atoms with E-state index in [2.05, 4.69) is 5.32 Å². The zero-order chi connectivity index (χ0) is 15.6. The minimum Gasteiger partial charge on any atom is -0.494 e. The Morgan fingerprint density at radius 1 is 1.24 bits per heavy atom. The molecule has 0 bridgehead atoms. The van der Waals surface area contributed by atoms with E-state index < -0.39 is 23.2 Å². The minimum absolute atomic E-state index is 0.0324. The fourth-order valence-corrected chi connectivity index (χ4v) is 1.76. The van der Waals surface area contributed by atoms with E-state index in [4.69, 9.17) is 15.6 Å². The van der Waals surface area contributed by atoms with E-state index in [9.17, 15) is 13.6 Å². The number of carboxylic acid groups (broad SMARTS) is 1. The number of nitrogens with two attached hydrogens (primary N) is 1. The molecule has 0 aliphatic rings. The first kappa shape index (κ1) is 14.6. The van der Waals surface area contributed by atoms with Crippen LogP contribution in [-0.4, -0.2) is 18.2 Å². The van der Waals surface area contributed by atoms with Gasteiger partial charge in [0.05, 0.1) is 24.0 Å². The van der Waals surface area contributed by atoms with E-state index in [1.807, 2.05) is 0 Å². The van der Waals surface area contributed by atoms with E-state index in [1.54, 1.807) is 0 Å². The van der Waals surface area contributed by atoms with Crippen molar-refractivity contribution in [2.75, 3.05) is 18.2 Å². The summed E-state index contributed by atoms with van der Waals surface area (Å²) in [7, 11) is 1.34. The molecule has 5 nitrogen and oxygen atoms in total. The summed E-state index contributed by atoms with van der Waals surface area (Å²) >= 11 is 0. The van der Waals surface area contributed by atoms with Crippen molar-refractivity contribution < 1.29 is 23.4 Å². The summed E-state index contributed by atoms with van der Waals surface area (Å²) in [4.78, 5) is 10.8. The van der Waals surface area contributed by atoms with Gasteiger partial charge in [-0.3, -0.25) is 0 Å². The van der Waals surface area contributed by atoms with Crippen molar-refractivity contribution in [3.05, 3.63) is 47.5 Å². The van der Waals surface area contributed by atoms with Gasteiger partial charge in [0.2, 0.25) is 0 Å². The number of anilines is 3. The molecule has 0 amide bonds. The summed E-state index contributed by atoms with van der Waals surface area (Å²) in [5.74, 6) is -2.88. The molecule has 0 aliphatic heterocycles. The van der Waals surface area contributed by atoms with Crippen LogP contribution in [0.15, 0.2) is 30.3 Å². The summed E-state index contributed by atoms with van der Waals surface area (Å²) in [5, 5.41) is 11.5. The summed E-state index contributed by atoms with van der Waals surface area (Å²) in [5.41, 5.74) is 5.63. The second-order valence-corrected chi connectivity index (χ2v) is 4.20. The van der Waals surface area contributed by atoms with Crippen molar-refractivity contribution >= 4 is 23.0 Å². The number of hydrogen-bond acceptors (Lipinski definition) is 4. The van der Waals surface area contributed by atoms with Gasteiger partial charge in [-0.2, -0.15) is 0 Å². The van der Waals surface area contributed by atoms with E-state index in [1.165, 1.54) is 19.2 Å². The number of aromatic carboxylic acids is 1. The van der Waals surface area contributed by atoms with E-state index in [0.717, 1.165) is 18.2 Å². The zero-order valence-corrected chi connectivity index (χ0v) is 11.0. The first-order valence-corrected chi connectivity index (χ1v) is 5.85. The predicted octanol–water partition coefficient (Wildman–Crippen LogP) is 3.00. The molecule has 7 heteroatoms. The smallest absolute Gasteiger partial charge is 0.338 e. The fraction of sp³-hybridized carbons (Fsp3) is 0.0714. The molecular weight excluding hydrogens is 282 g/mol. The van der Waals surface area contributed by atoms with Crippen molar-refractivity contribution in [2.24, 2.45) is 0 Å². The van der Waals surface area contributed by atoms with Crippen LogP contribution in [0, 0.1) is 11.6 Å². The number of carbonyl (C=O) groups is 1. The molecule has 0 radical (unpaired) electrons. The molecule has 110 valence electrons. The quantitative estimate of drug-likeness (QED) is 0.755.